The molecular weight excluding hydrogens is 296 g/mol. The number of hydrogen-bond donors (Lipinski definition) is 1. The van der Waals surface area contributed by atoms with Crippen molar-refractivity contribution in [3.05, 3.63) is 51.4 Å². The Bertz CT molecular complexity index is 604. The van der Waals surface area contributed by atoms with Gasteiger partial charge in [-0.05, 0) is 24.3 Å². The van der Waals surface area contributed by atoms with E-state index >= 15 is 0 Å². The van der Waals surface area contributed by atoms with E-state index in [1.165, 1.54) is 18.3 Å². The summed E-state index contributed by atoms with van der Waals surface area (Å²) in [5.41, 5.74) is 0.197. The van der Waals surface area contributed by atoms with Gasteiger partial charge in [0, 0.05) is 6.20 Å². The minimum atomic E-state index is -0.454. The first-order chi connectivity index (χ1) is 8.58. The van der Waals surface area contributed by atoms with Gasteiger partial charge >= 0.3 is 0 Å². The van der Waals surface area contributed by atoms with E-state index in [0.29, 0.717) is 5.02 Å². The van der Waals surface area contributed by atoms with Crippen LogP contribution in [0.4, 0.5) is 5.82 Å². The predicted octanol–water partition coefficient (Wildman–Crippen LogP) is 3.69. The van der Waals surface area contributed by atoms with Gasteiger partial charge in [-0.15, -0.1) is 0 Å². The van der Waals surface area contributed by atoms with E-state index < -0.39 is 5.91 Å². The number of pyridine rings is 2. The summed E-state index contributed by atoms with van der Waals surface area (Å²) in [5.74, 6) is -0.194. The molecule has 1 N–H and O–H groups in total. The summed E-state index contributed by atoms with van der Waals surface area (Å²) in [5, 5.41) is 3.11. The van der Waals surface area contributed by atoms with E-state index in [1.807, 2.05) is 0 Å². The summed E-state index contributed by atoms with van der Waals surface area (Å²) >= 11 is 17.3. The van der Waals surface area contributed by atoms with Crippen molar-refractivity contribution in [2.24, 2.45) is 0 Å². The fourth-order valence-corrected chi connectivity index (χ4v) is 1.83. The van der Waals surface area contributed by atoms with E-state index in [-0.39, 0.29) is 21.7 Å². The first-order valence-corrected chi connectivity index (χ1v) is 5.95. The molecule has 7 heteroatoms. The van der Waals surface area contributed by atoms with Gasteiger partial charge in [-0.25, -0.2) is 9.97 Å². The Labute approximate surface area is 118 Å². The van der Waals surface area contributed by atoms with E-state index in [1.54, 1.807) is 12.1 Å². The summed E-state index contributed by atoms with van der Waals surface area (Å²) in [6.45, 7) is 0. The van der Waals surface area contributed by atoms with Gasteiger partial charge in [-0.3, -0.25) is 4.79 Å². The molecule has 0 fully saturated rings. The number of halogens is 3. The zero-order valence-electron chi connectivity index (χ0n) is 8.82. The third-order valence-corrected chi connectivity index (χ3v) is 2.85. The number of carbonyl (C=O) groups is 1. The van der Waals surface area contributed by atoms with Crippen molar-refractivity contribution >= 4 is 46.5 Å². The maximum atomic E-state index is 11.9. The van der Waals surface area contributed by atoms with Gasteiger partial charge in [-0.1, -0.05) is 34.8 Å². The minimum Gasteiger partial charge on any atom is -0.305 e. The summed E-state index contributed by atoms with van der Waals surface area (Å²) in [4.78, 5) is 19.6. The number of aromatic nitrogens is 2. The second kappa shape index (κ2) is 5.52. The van der Waals surface area contributed by atoms with Crippen molar-refractivity contribution in [1.82, 2.24) is 9.97 Å². The van der Waals surface area contributed by atoms with Crippen molar-refractivity contribution in [3.63, 3.8) is 0 Å². The second-order valence-corrected chi connectivity index (χ2v) is 4.41. The number of rotatable bonds is 2. The molecule has 0 saturated heterocycles. The Hall–Kier alpha value is -1.36. The fourth-order valence-electron chi connectivity index (χ4n) is 1.23. The SMILES string of the molecule is O=C(Nc1ncccc1Cl)c1ccc(Cl)nc1Cl. The second-order valence-electron chi connectivity index (χ2n) is 3.26. The quantitative estimate of drug-likeness (QED) is 0.861. The smallest absolute Gasteiger partial charge is 0.259 e. The normalized spacial score (nSPS) is 10.2. The molecule has 0 bridgehead atoms. The van der Waals surface area contributed by atoms with E-state index in [4.69, 9.17) is 34.8 Å². The zero-order valence-corrected chi connectivity index (χ0v) is 11.1. The van der Waals surface area contributed by atoms with Crippen LogP contribution in [-0.2, 0) is 0 Å². The van der Waals surface area contributed by atoms with E-state index in [2.05, 4.69) is 15.3 Å². The summed E-state index contributed by atoms with van der Waals surface area (Å²) < 4.78 is 0. The topological polar surface area (TPSA) is 54.9 Å². The molecule has 0 saturated carbocycles. The first kappa shape index (κ1) is 13.1. The molecule has 0 radical (unpaired) electrons. The number of carbonyl (C=O) groups excluding carboxylic acids is 1. The van der Waals surface area contributed by atoms with Crippen LogP contribution in [-0.4, -0.2) is 15.9 Å². The van der Waals surface area contributed by atoms with Crippen LogP contribution in [0.5, 0.6) is 0 Å². The Morgan fingerprint density at radius 2 is 1.94 bits per heavy atom. The molecule has 0 aliphatic carbocycles. The van der Waals surface area contributed by atoms with Crippen LogP contribution in [0, 0.1) is 0 Å². The predicted molar refractivity (Wildman–Crippen MR) is 71.5 cm³/mol. The first-order valence-electron chi connectivity index (χ1n) is 4.82. The minimum absolute atomic E-state index is 0.0204. The highest BCUT2D eigenvalue weighted by atomic mass is 35.5. The Balaban J connectivity index is 2.25. The lowest BCUT2D eigenvalue weighted by Gasteiger charge is -2.06. The number of amides is 1. The van der Waals surface area contributed by atoms with Crippen LogP contribution >= 0.6 is 34.8 Å². The van der Waals surface area contributed by atoms with Crippen LogP contribution in [0.3, 0.4) is 0 Å². The highest BCUT2D eigenvalue weighted by Gasteiger charge is 2.13. The van der Waals surface area contributed by atoms with Gasteiger partial charge in [-0.2, -0.15) is 0 Å². The molecule has 0 aliphatic heterocycles. The maximum Gasteiger partial charge on any atom is 0.259 e. The molecule has 18 heavy (non-hydrogen) atoms. The number of nitrogens with one attached hydrogen (secondary N) is 1. The van der Waals surface area contributed by atoms with Gasteiger partial charge < -0.3 is 5.32 Å². The van der Waals surface area contributed by atoms with Crippen molar-refractivity contribution in [2.75, 3.05) is 5.32 Å². The van der Waals surface area contributed by atoms with Crippen LogP contribution < -0.4 is 5.32 Å². The third kappa shape index (κ3) is 2.90. The van der Waals surface area contributed by atoms with E-state index in [9.17, 15) is 4.79 Å². The molecule has 0 unspecified atom stereocenters. The monoisotopic (exact) mass is 301 g/mol. The zero-order chi connectivity index (χ0) is 13.1. The summed E-state index contributed by atoms with van der Waals surface area (Å²) in [6, 6.07) is 6.23. The average Bonchev–Trinajstić information content (AvgIpc) is 2.32. The molecule has 92 valence electrons. The largest absolute Gasteiger partial charge is 0.305 e. The van der Waals surface area contributed by atoms with Crippen LogP contribution in [0.15, 0.2) is 30.5 Å². The molecule has 1 amide bonds. The summed E-state index contributed by atoms with van der Waals surface area (Å²) in [7, 11) is 0. The van der Waals surface area contributed by atoms with Gasteiger partial charge in [0.25, 0.3) is 5.91 Å². The van der Waals surface area contributed by atoms with Gasteiger partial charge in [0.15, 0.2) is 5.82 Å². The van der Waals surface area contributed by atoms with Crippen molar-refractivity contribution in [1.29, 1.82) is 0 Å². The highest BCUT2D eigenvalue weighted by Crippen LogP contribution is 2.21. The summed E-state index contributed by atoms with van der Waals surface area (Å²) in [6.07, 6.45) is 1.52. The maximum absolute atomic E-state index is 11.9. The van der Waals surface area contributed by atoms with Crippen LogP contribution in [0.25, 0.3) is 0 Å². The molecule has 4 nitrogen and oxygen atoms in total. The Kier molecular flexibility index (Phi) is 4.01. The molecule has 0 spiro atoms. The standard InChI is InChI=1S/C11H6Cl3N3O/c12-7-2-1-5-15-10(7)17-11(18)6-3-4-8(13)16-9(6)14/h1-5H,(H,15,17,18). The van der Waals surface area contributed by atoms with Crippen molar-refractivity contribution in [3.8, 4) is 0 Å². The number of anilines is 1. The third-order valence-electron chi connectivity index (χ3n) is 2.05. The highest BCUT2D eigenvalue weighted by molar-refractivity contribution is 6.36. The van der Waals surface area contributed by atoms with Crippen molar-refractivity contribution < 1.29 is 4.79 Å². The molecule has 2 rings (SSSR count). The molecule has 0 aliphatic rings. The van der Waals surface area contributed by atoms with Gasteiger partial charge in [0.05, 0.1) is 10.6 Å². The lowest BCUT2D eigenvalue weighted by molar-refractivity contribution is 0.102. The average molecular weight is 303 g/mol. The van der Waals surface area contributed by atoms with Crippen LogP contribution in [0.2, 0.25) is 15.3 Å². The molecule has 2 heterocycles. The number of nitrogens with zero attached hydrogens (tertiary/aromatic N) is 2. The Morgan fingerprint density at radius 3 is 2.61 bits per heavy atom. The van der Waals surface area contributed by atoms with Crippen molar-refractivity contribution in [2.45, 2.75) is 0 Å². The lowest BCUT2D eigenvalue weighted by Crippen LogP contribution is -2.14. The Morgan fingerprint density at radius 1 is 1.17 bits per heavy atom. The van der Waals surface area contributed by atoms with Crippen LogP contribution in [0.1, 0.15) is 10.4 Å². The molecule has 0 aromatic carbocycles. The van der Waals surface area contributed by atoms with Gasteiger partial charge in [0.1, 0.15) is 10.3 Å². The molecule has 2 aromatic rings. The van der Waals surface area contributed by atoms with E-state index in [0.717, 1.165) is 0 Å². The molecule has 0 atom stereocenters. The van der Waals surface area contributed by atoms with Gasteiger partial charge in [0.2, 0.25) is 0 Å². The molecule has 2 aromatic heterocycles. The lowest BCUT2D eigenvalue weighted by atomic mass is 10.2. The fraction of sp³-hybridized carbons (Fsp3) is 0. The molecular formula is C11H6Cl3N3O. The number of hydrogen-bond acceptors (Lipinski definition) is 3.